The molecule has 39 heavy (non-hydrogen) atoms. The van der Waals surface area contributed by atoms with Crippen molar-refractivity contribution in [3.05, 3.63) is 47.0 Å². The third kappa shape index (κ3) is 3.36. The number of carbonyl (C=O) groups excluding carboxylic acids is 3. The molecule has 0 aromatic heterocycles. The first-order valence-corrected chi connectivity index (χ1v) is 12.6. The normalized spacial score (nSPS) is 31.2. The van der Waals surface area contributed by atoms with Gasteiger partial charge in [0, 0.05) is 17.5 Å². The Labute approximate surface area is 223 Å². The van der Waals surface area contributed by atoms with Crippen molar-refractivity contribution in [3.63, 3.8) is 0 Å². The van der Waals surface area contributed by atoms with E-state index < -0.39 is 58.7 Å². The van der Waals surface area contributed by atoms with Crippen molar-refractivity contribution in [1.29, 1.82) is 0 Å². The number of nitrogens with zero attached hydrogens (tertiary/aromatic N) is 1. The van der Waals surface area contributed by atoms with E-state index >= 15 is 0 Å². The fourth-order valence-electron chi connectivity index (χ4n) is 6.94. The van der Waals surface area contributed by atoms with Crippen LogP contribution in [0, 0.1) is 17.8 Å². The molecule has 6 rings (SSSR count). The van der Waals surface area contributed by atoms with Crippen molar-refractivity contribution in [3.8, 4) is 28.4 Å². The average Bonchev–Trinajstić information content (AvgIpc) is 3.34. The van der Waals surface area contributed by atoms with Crippen LogP contribution < -0.4 is 15.2 Å². The number of hydrogen-bond acceptors (Lipinski definition) is 10. The van der Waals surface area contributed by atoms with Gasteiger partial charge < -0.3 is 40.5 Å². The summed E-state index contributed by atoms with van der Waals surface area (Å²) in [7, 11) is 3.23. The van der Waals surface area contributed by atoms with E-state index in [0.29, 0.717) is 22.6 Å². The number of aromatic hydroxyl groups is 1. The quantitative estimate of drug-likeness (QED) is 0.347. The molecule has 204 valence electrons. The lowest BCUT2D eigenvalue weighted by Gasteiger charge is -2.53. The predicted molar refractivity (Wildman–Crippen MR) is 136 cm³/mol. The summed E-state index contributed by atoms with van der Waals surface area (Å²) in [6.45, 7) is 0.0993. The number of likely N-dealkylation sites (N-methyl/N-ethyl adjacent to an activating group) is 1. The van der Waals surface area contributed by atoms with Crippen LogP contribution in [0.3, 0.4) is 0 Å². The van der Waals surface area contributed by atoms with Gasteiger partial charge in [0.15, 0.2) is 22.9 Å². The lowest BCUT2D eigenvalue weighted by molar-refractivity contribution is -0.184. The van der Waals surface area contributed by atoms with Crippen LogP contribution >= 0.6 is 0 Å². The van der Waals surface area contributed by atoms with E-state index in [2.05, 4.69) is 0 Å². The van der Waals surface area contributed by atoms with Gasteiger partial charge in [-0.25, -0.2) is 0 Å². The van der Waals surface area contributed by atoms with Gasteiger partial charge >= 0.3 is 0 Å². The maximum Gasteiger partial charge on any atom is 0.231 e. The molecule has 6 atom stereocenters. The molecule has 4 aliphatic rings. The Kier molecular flexibility index (Phi) is 5.55. The second-order valence-electron chi connectivity index (χ2n) is 10.8. The minimum atomic E-state index is -2.68. The van der Waals surface area contributed by atoms with Crippen molar-refractivity contribution < 1.29 is 44.3 Å². The molecule has 2 fully saturated rings. The summed E-state index contributed by atoms with van der Waals surface area (Å²) in [6, 6.07) is 7.53. The summed E-state index contributed by atoms with van der Waals surface area (Å²) in [4.78, 5) is 41.1. The third-order valence-corrected chi connectivity index (χ3v) is 8.66. The van der Waals surface area contributed by atoms with E-state index in [1.54, 1.807) is 37.2 Å². The highest BCUT2D eigenvalue weighted by Crippen LogP contribution is 2.53. The molecule has 6 N–H and O–H groups in total. The van der Waals surface area contributed by atoms with Crippen molar-refractivity contribution in [2.45, 2.75) is 30.6 Å². The Morgan fingerprint density at radius 2 is 1.82 bits per heavy atom. The number of nitrogens with two attached hydrogens (primary N) is 1. The molecule has 11 nitrogen and oxygen atoms in total. The molecular formula is C28H28N2O9. The topological polar surface area (TPSA) is 180 Å². The molecule has 3 aliphatic carbocycles. The minimum absolute atomic E-state index is 0.0331. The van der Waals surface area contributed by atoms with Crippen LogP contribution in [0.4, 0.5) is 0 Å². The number of hydrogen-bond donors (Lipinski definition) is 5. The Hall–Kier alpha value is -3.93. The van der Waals surface area contributed by atoms with Gasteiger partial charge in [-0.3, -0.25) is 14.4 Å². The number of benzene rings is 2. The third-order valence-electron chi connectivity index (χ3n) is 8.66. The summed E-state index contributed by atoms with van der Waals surface area (Å²) >= 11 is 0. The van der Waals surface area contributed by atoms with Gasteiger partial charge in [-0.05, 0) is 67.7 Å². The number of phenolic OH excluding ortho intramolecular Hbond substituents is 1. The number of carbonyl (C=O) groups is 3. The van der Waals surface area contributed by atoms with E-state index in [-0.39, 0.29) is 36.5 Å². The zero-order valence-electron chi connectivity index (χ0n) is 21.2. The fraction of sp³-hybridized carbons (Fsp3) is 0.393. The predicted octanol–water partition coefficient (Wildman–Crippen LogP) is 0.525. The molecule has 1 amide bonds. The number of aliphatic hydroxyl groups excluding tert-OH is 2. The van der Waals surface area contributed by atoms with Crippen molar-refractivity contribution in [2.24, 2.45) is 23.5 Å². The summed E-state index contributed by atoms with van der Waals surface area (Å²) in [5.74, 6) is -6.56. The number of phenols is 1. The highest BCUT2D eigenvalue weighted by Gasteiger charge is 2.67. The zero-order chi connectivity index (χ0) is 28.0. The average molecular weight is 537 g/mol. The Bertz CT molecular complexity index is 1480. The lowest BCUT2D eigenvalue weighted by Crippen LogP contribution is -2.73. The van der Waals surface area contributed by atoms with Gasteiger partial charge in [0.1, 0.15) is 17.4 Å². The van der Waals surface area contributed by atoms with E-state index in [1.807, 2.05) is 6.07 Å². The van der Waals surface area contributed by atoms with Crippen LogP contribution in [0.15, 0.2) is 35.9 Å². The standard InChI is InChI=1S/C28H28N2O9/c1-30(2)22-15-8-12-7-14-13(11-3-6-17-18(9-11)39-10-38-17)4-5-16(31)20(14)23(32)19(12)25(34)28(15,37)26(35)21(24(22)33)27(29)36/h3-6,9,12,15,21-22,24,31-33,37H,7-8,10H2,1-2H3,(H2,29,36)/t12-,15-,21?,22-,24?,28-/m1/s1. The highest BCUT2D eigenvalue weighted by atomic mass is 16.7. The number of ketones is 2. The molecular weight excluding hydrogens is 508 g/mol. The number of ether oxygens (including phenoxy) is 2. The summed E-state index contributed by atoms with van der Waals surface area (Å²) in [6.07, 6.45) is -1.28. The molecule has 11 heteroatoms. The molecule has 2 saturated carbocycles. The SMILES string of the molecule is CN(C)[C@H]1C(O)C(C(N)=O)C(=O)[C@]2(O)C(=O)C3=C(O)c4c(O)ccc(-c5ccc6c(c5)OCO6)c4C[C@@H]3C[C@H]12. The van der Waals surface area contributed by atoms with E-state index in [0.717, 1.165) is 5.56 Å². The smallest absolute Gasteiger partial charge is 0.231 e. The van der Waals surface area contributed by atoms with Crippen LogP contribution in [0.25, 0.3) is 16.9 Å². The van der Waals surface area contributed by atoms with Crippen LogP contribution in [0.2, 0.25) is 0 Å². The van der Waals surface area contributed by atoms with Gasteiger partial charge in [-0.1, -0.05) is 12.1 Å². The molecule has 0 radical (unpaired) electrons. The van der Waals surface area contributed by atoms with Gasteiger partial charge in [0.05, 0.1) is 11.7 Å². The van der Waals surface area contributed by atoms with Gasteiger partial charge in [0.2, 0.25) is 18.5 Å². The maximum atomic E-state index is 13.9. The first kappa shape index (κ1) is 25.4. The van der Waals surface area contributed by atoms with Crippen LogP contribution in [0.5, 0.6) is 17.2 Å². The van der Waals surface area contributed by atoms with E-state index in [1.165, 1.54) is 6.07 Å². The Balaban J connectivity index is 1.51. The van der Waals surface area contributed by atoms with Crippen LogP contribution in [-0.4, -0.2) is 81.4 Å². The van der Waals surface area contributed by atoms with Crippen molar-refractivity contribution in [2.75, 3.05) is 20.9 Å². The van der Waals surface area contributed by atoms with E-state index in [4.69, 9.17) is 15.2 Å². The molecule has 1 aliphatic heterocycles. The molecule has 2 unspecified atom stereocenters. The second kappa shape index (κ2) is 8.54. The van der Waals surface area contributed by atoms with Gasteiger partial charge in [-0.2, -0.15) is 0 Å². The number of rotatable bonds is 3. The molecule has 1 heterocycles. The maximum absolute atomic E-state index is 13.9. The summed E-state index contributed by atoms with van der Waals surface area (Å²) in [5.41, 5.74) is 4.58. The molecule has 2 aromatic rings. The summed E-state index contributed by atoms with van der Waals surface area (Å²) in [5, 5.41) is 44.9. The number of fused-ring (bicyclic) bond motifs is 4. The number of amides is 1. The molecule has 0 bridgehead atoms. The van der Waals surface area contributed by atoms with Crippen molar-refractivity contribution >= 4 is 23.2 Å². The Morgan fingerprint density at radius 1 is 1.10 bits per heavy atom. The monoisotopic (exact) mass is 536 g/mol. The van der Waals surface area contributed by atoms with Gasteiger partial charge in [0.25, 0.3) is 0 Å². The summed E-state index contributed by atoms with van der Waals surface area (Å²) < 4.78 is 10.9. The second-order valence-corrected chi connectivity index (χ2v) is 10.8. The number of primary amides is 1. The first-order chi connectivity index (χ1) is 18.5. The minimum Gasteiger partial charge on any atom is -0.507 e. The largest absolute Gasteiger partial charge is 0.507 e. The van der Waals surface area contributed by atoms with Gasteiger partial charge in [-0.15, -0.1) is 0 Å². The first-order valence-electron chi connectivity index (χ1n) is 12.6. The molecule has 2 aromatic carbocycles. The number of aliphatic hydroxyl groups is 3. The molecule has 0 spiro atoms. The van der Waals surface area contributed by atoms with E-state index in [9.17, 15) is 34.8 Å². The zero-order valence-corrected chi connectivity index (χ0v) is 21.2. The van der Waals surface area contributed by atoms with Crippen LogP contribution in [-0.2, 0) is 20.8 Å². The fourth-order valence-corrected chi connectivity index (χ4v) is 6.94. The number of Topliss-reactive ketones (excluding diaryl/α,β-unsaturated/α-hetero) is 2. The van der Waals surface area contributed by atoms with Crippen LogP contribution in [0.1, 0.15) is 17.5 Å². The Morgan fingerprint density at radius 3 is 2.51 bits per heavy atom. The van der Waals surface area contributed by atoms with Crippen molar-refractivity contribution in [1.82, 2.24) is 4.90 Å². The lowest BCUT2D eigenvalue weighted by atomic mass is 9.54. The highest BCUT2D eigenvalue weighted by molar-refractivity contribution is 6.25. The molecule has 0 saturated heterocycles.